The Hall–Kier alpha value is -1.11. The van der Waals surface area contributed by atoms with Crippen molar-refractivity contribution < 1.29 is 4.79 Å². The smallest absolute Gasteiger partial charge is 0.272 e. The van der Waals surface area contributed by atoms with Crippen LogP contribution in [0.1, 0.15) is 49.5 Å². The highest BCUT2D eigenvalue weighted by Crippen LogP contribution is 2.24. The monoisotopic (exact) mass is 389 g/mol. The van der Waals surface area contributed by atoms with Crippen LogP contribution in [0.5, 0.6) is 0 Å². The Kier molecular flexibility index (Phi) is 8.89. The van der Waals surface area contributed by atoms with Crippen LogP contribution in [0, 0.1) is 5.92 Å². The molecule has 2 unspecified atom stereocenters. The number of halogens is 2. The van der Waals surface area contributed by atoms with Gasteiger partial charge < -0.3 is 15.5 Å². The highest BCUT2D eigenvalue weighted by atomic mass is 35.5. The van der Waals surface area contributed by atoms with Crippen molar-refractivity contribution in [3.8, 4) is 0 Å². The topological polar surface area (TPSA) is 75.4 Å². The number of likely N-dealkylation sites (tertiary alicyclic amines) is 1. The van der Waals surface area contributed by atoms with E-state index in [0.29, 0.717) is 24.1 Å². The summed E-state index contributed by atoms with van der Waals surface area (Å²) >= 11 is 0. The number of rotatable bonds is 3. The molecule has 6 nitrogen and oxygen atoms in total. The van der Waals surface area contributed by atoms with Gasteiger partial charge in [0.2, 0.25) is 5.95 Å². The molecule has 0 spiro atoms. The van der Waals surface area contributed by atoms with Gasteiger partial charge in [-0.15, -0.1) is 24.8 Å². The van der Waals surface area contributed by atoms with Crippen molar-refractivity contribution in [2.24, 2.45) is 11.7 Å². The third-order valence-electron chi connectivity index (χ3n) is 5.01. The summed E-state index contributed by atoms with van der Waals surface area (Å²) in [6.45, 7) is 5.46. The lowest BCUT2D eigenvalue weighted by molar-refractivity contribution is 0.0567. The summed E-state index contributed by atoms with van der Waals surface area (Å²) in [6.07, 6.45) is 7.31. The number of anilines is 1. The summed E-state index contributed by atoms with van der Waals surface area (Å²) in [5.74, 6) is 1.31. The van der Waals surface area contributed by atoms with Crippen LogP contribution in [0.2, 0.25) is 0 Å². The number of nitrogens with two attached hydrogens (primary N) is 1. The average Bonchev–Trinajstić information content (AvgIpc) is 2.62. The minimum absolute atomic E-state index is 0. The Balaban J connectivity index is 0.00000156. The molecule has 0 saturated carbocycles. The molecule has 2 aliphatic rings. The second kappa shape index (κ2) is 10.1. The summed E-state index contributed by atoms with van der Waals surface area (Å²) in [7, 11) is 0. The zero-order chi connectivity index (χ0) is 16.2. The third-order valence-corrected chi connectivity index (χ3v) is 5.01. The van der Waals surface area contributed by atoms with Crippen molar-refractivity contribution in [2.45, 2.75) is 45.1 Å². The van der Waals surface area contributed by atoms with Crippen molar-refractivity contribution in [3.05, 3.63) is 18.0 Å². The molecule has 1 aromatic heterocycles. The van der Waals surface area contributed by atoms with Crippen molar-refractivity contribution in [1.29, 1.82) is 0 Å². The number of carbonyl (C=O) groups is 1. The number of hydrogen-bond donors (Lipinski definition) is 1. The van der Waals surface area contributed by atoms with E-state index in [0.717, 1.165) is 32.5 Å². The molecule has 0 radical (unpaired) electrons. The molecule has 1 amide bonds. The van der Waals surface area contributed by atoms with Gasteiger partial charge in [-0.3, -0.25) is 4.79 Å². The van der Waals surface area contributed by atoms with E-state index in [1.54, 1.807) is 12.3 Å². The van der Waals surface area contributed by atoms with Gasteiger partial charge in [-0.25, -0.2) is 9.97 Å². The largest absolute Gasteiger partial charge is 0.341 e. The maximum absolute atomic E-state index is 12.9. The Bertz CT molecular complexity index is 554. The molecule has 2 N–H and O–H groups in total. The molecule has 0 aromatic carbocycles. The molecule has 2 aliphatic heterocycles. The maximum Gasteiger partial charge on any atom is 0.272 e. The van der Waals surface area contributed by atoms with Gasteiger partial charge in [0.1, 0.15) is 5.69 Å². The number of hydrogen-bond acceptors (Lipinski definition) is 5. The highest BCUT2D eigenvalue weighted by molar-refractivity contribution is 5.92. The van der Waals surface area contributed by atoms with E-state index < -0.39 is 0 Å². The molecule has 2 fully saturated rings. The predicted octanol–water partition coefficient (Wildman–Crippen LogP) is 2.51. The summed E-state index contributed by atoms with van der Waals surface area (Å²) in [4.78, 5) is 25.9. The van der Waals surface area contributed by atoms with Crippen LogP contribution in [0.15, 0.2) is 12.3 Å². The number of amides is 1. The minimum Gasteiger partial charge on any atom is -0.341 e. The zero-order valence-electron chi connectivity index (χ0n) is 14.8. The summed E-state index contributed by atoms with van der Waals surface area (Å²) in [6, 6.07) is 1.85. The highest BCUT2D eigenvalue weighted by Gasteiger charge is 2.30. The van der Waals surface area contributed by atoms with Gasteiger partial charge in [0.05, 0.1) is 0 Å². The molecule has 0 bridgehead atoms. The molecule has 2 atom stereocenters. The van der Waals surface area contributed by atoms with E-state index in [1.165, 1.54) is 19.3 Å². The summed E-state index contributed by atoms with van der Waals surface area (Å²) < 4.78 is 0. The fourth-order valence-electron chi connectivity index (χ4n) is 3.60. The van der Waals surface area contributed by atoms with Gasteiger partial charge in [0, 0.05) is 38.4 Å². The first-order valence-electron chi connectivity index (χ1n) is 8.78. The lowest BCUT2D eigenvalue weighted by Gasteiger charge is -2.37. The van der Waals surface area contributed by atoms with E-state index in [-0.39, 0.29) is 36.8 Å². The van der Waals surface area contributed by atoms with E-state index in [9.17, 15) is 4.79 Å². The van der Waals surface area contributed by atoms with Crippen LogP contribution >= 0.6 is 24.8 Å². The standard InChI is InChI=1S/C17H27N5O.2ClH/c1-13-6-10-22(14(11-13)12-18)16(23)15-5-7-19-17(20-15)21-8-3-2-4-9-21;;/h5,7,13-14H,2-4,6,8-12,18H2,1H3;2*1H. The molecule has 3 heterocycles. The Labute approximate surface area is 162 Å². The predicted molar refractivity (Wildman–Crippen MR) is 105 cm³/mol. The van der Waals surface area contributed by atoms with Crippen LogP contribution in [-0.2, 0) is 0 Å². The van der Waals surface area contributed by atoms with E-state index in [2.05, 4.69) is 21.8 Å². The molecule has 8 heteroatoms. The Morgan fingerprint density at radius 2 is 1.96 bits per heavy atom. The summed E-state index contributed by atoms with van der Waals surface area (Å²) in [5.41, 5.74) is 6.38. The molecule has 142 valence electrons. The van der Waals surface area contributed by atoms with Gasteiger partial charge in [0.15, 0.2) is 0 Å². The molecule has 1 aromatic rings. The molecular weight excluding hydrogens is 361 g/mol. The van der Waals surface area contributed by atoms with Gasteiger partial charge >= 0.3 is 0 Å². The average molecular weight is 390 g/mol. The molecule has 0 aliphatic carbocycles. The van der Waals surface area contributed by atoms with Gasteiger partial charge in [0.25, 0.3) is 5.91 Å². The molecule has 2 saturated heterocycles. The lowest BCUT2D eigenvalue weighted by Crippen LogP contribution is -2.49. The van der Waals surface area contributed by atoms with Crippen LogP contribution in [0.3, 0.4) is 0 Å². The van der Waals surface area contributed by atoms with Crippen LogP contribution in [-0.4, -0.2) is 53.0 Å². The normalized spacial score (nSPS) is 23.4. The molecule has 3 rings (SSSR count). The Morgan fingerprint density at radius 3 is 2.64 bits per heavy atom. The summed E-state index contributed by atoms with van der Waals surface area (Å²) in [5, 5.41) is 0. The van der Waals surface area contributed by atoms with E-state index in [4.69, 9.17) is 5.73 Å². The number of aromatic nitrogens is 2. The fraction of sp³-hybridized carbons (Fsp3) is 0.706. The van der Waals surface area contributed by atoms with Crippen molar-refractivity contribution in [3.63, 3.8) is 0 Å². The number of piperidine rings is 2. The van der Waals surface area contributed by atoms with Gasteiger partial charge in [-0.05, 0) is 44.1 Å². The second-order valence-electron chi connectivity index (χ2n) is 6.81. The fourth-order valence-corrected chi connectivity index (χ4v) is 3.60. The first-order chi connectivity index (χ1) is 11.2. The maximum atomic E-state index is 12.9. The second-order valence-corrected chi connectivity index (χ2v) is 6.81. The molecular formula is C17H29Cl2N5O. The Morgan fingerprint density at radius 1 is 1.24 bits per heavy atom. The SMILES string of the molecule is CC1CCN(C(=O)c2ccnc(N3CCCCC3)n2)C(CN)C1.Cl.Cl. The van der Waals surface area contributed by atoms with Crippen LogP contribution in [0.25, 0.3) is 0 Å². The number of nitrogens with zero attached hydrogens (tertiary/aromatic N) is 4. The number of carbonyl (C=O) groups excluding carboxylic acids is 1. The zero-order valence-corrected chi connectivity index (χ0v) is 16.4. The molecule has 25 heavy (non-hydrogen) atoms. The van der Waals surface area contributed by atoms with E-state index >= 15 is 0 Å². The lowest BCUT2D eigenvalue weighted by atomic mass is 9.92. The van der Waals surface area contributed by atoms with Crippen molar-refractivity contribution in [2.75, 3.05) is 31.1 Å². The first kappa shape index (κ1) is 21.9. The van der Waals surface area contributed by atoms with Crippen molar-refractivity contribution >= 4 is 36.7 Å². The minimum atomic E-state index is -0.00647. The van der Waals surface area contributed by atoms with Crippen LogP contribution < -0.4 is 10.6 Å². The van der Waals surface area contributed by atoms with Crippen molar-refractivity contribution in [1.82, 2.24) is 14.9 Å². The third kappa shape index (κ3) is 5.19. The van der Waals surface area contributed by atoms with Crippen LogP contribution in [0.4, 0.5) is 5.95 Å². The quantitative estimate of drug-likeness (QED) is 0.859. The van der Waals surface area contributed by atoms with E-state index in [1.807, 2.05) is 4.90 Å². The van der Waals surface area contributed by atoms with Gasteiger partial charge in [-0.1, -0.05) is 6.92 Å². The van der Waals surface area contributed by atoms with Gasteiger partial charge in [-0.2, -0.15) is 0 Å². The first-order valence-corrected chi connectivity index (χ1v) is 8.78.